The predicted molar refractivity (Wildman–Crippen MR) is 117 cm³/mol. The summed E-state index contributed by atoms with van der Waals surface area (Å²) >= 11 is 6.90. The number of para-hydroxylation sites is 1. The molecule has 4 rings (SSSR count). The highest BCUT2D eigenvalue weighted by molar-refractivity contribution is 7.16. The van der Waals surface area contributed by atoms with E-state index in [-0.39, 0.29) is 44.9 Å². The Morgan fingerprint density at radius 2 is 1.82 bits per heavy atom. The Morgan fingerprint density at radius 3 is 2.55 bits per heavy atom. The Hall–Kier alpha value is -3.70. The number of halogens is 3. The van der Waals surface area contributed by atoms with Crippen LogP contribution in [0.3, 0.4) is 0 Å². The van der Waals surface area contributed by atoms with Crippen LogP contribution in [0.25, 0.3) is 21.8 Å². The summed E-state index contributed by atoms with van der Waals surface area (Å²) in [6.45, 7) is -2.83. The van der Waals surface area contributed by atoms with Gasteiger partial charge in [-0.1, -0.05) is 58.4 Å². The van der Waals surface area contributed by atoms with E-state index in [1.807, 2.05) is 12.1 Å². The first-order valence-corrected chi connectivity index (χ1v) is 10.5. The van der Waals surface area contributed by atoms with Crippen molar-refractivity contribution in [3.63, 3.8) is 0 Å². The molecule has 4 aromatic rings. The molecule has 33 heavy (non-hydrogen) atoms. The van der Waals surface area contributed by atoms with Crippen LogP contribution in [0.2, 0.25) is 5.02 Å². The minimum absolute atomic E-state index is 0.0469. The van der Waals surface area contributed by atoms with Gasteiger partial charge in [0.1, 0.15) is 18.1 Å². The summed E-state index contributed by atoms with van der Waals surface area (Å²) in [6, 6.07) is 13.1. The van der Waals surface area contributed by atoms with Gasteiger partial charge in [-0.15, -0.1) is 10.2 Å². The van der Waals surface area contributed by atoms with E-state index < -0.39 is 12.5 Å². The molecule has 1 amide bonds. The maximum Gasteiger partial charge on any atom is 0.387 e. The molecule has 12 heteroatoms. The van der Waals surface area contributed by atoms with Gasteiger partial charge in [-0.25, -0.2) is 0 Å². The van der Waals surface area contributed by atoms with Gasteiger partial charge >= 0.3 is 6.61 Å². The Labute approximate surface area is 195 Å². The molecule has 8 nitrogen and oxygen atoms in total. The van der Waals surface area contributed by atoms with Crippen LogP contribution >= 0.6 is 22.9 Å². The summed E-state index contributed by atoms with van der Waals surface area (Å²) in [5.74, 6) is -0.987. The largest absolute Gasteiger partial charge is 0.464 e. The number of carbonyl (C=O) groups is 1. The highest BCUT2D eigenvalue weighted by atomic mass is 35.5. The lowest BCUT2D eigenvalue weighted by molar-refractivity contribution is -0.0494. The van der Waals surface area contributed by atoms with Gasteiger partial charge in [0.25, 0.3) is 11.1 Å². The molecule has 0 radical (unpaired) electrons. The van der Waals surface area contributed by atoms with E-state index in [9.17, 15) is 13.6 Å². The van der Waals surface area contributed by atoms with Gasteiger partial charge < -0.3 is 15.2 Å². The van der Waals surface area contributed by atoms with Crippen molar-refractivity contribution < 1.29 is 23.0 Å². The SMILES string of the molecule is NC(=O)c1c(-c2ccccc2OC(F)F)cnnc1-c1nnc(OCc2ccc(Cl)cc2)s1. The van der Waals surface area contributed by atoms with Crippen LogP contribution in [0.15, 0.2) is 54.7 Å². The Kier molecular flexibility index (Phi) is 6.71. The lowest BCUT2D eigenvalue weighted by Gasteiger charge is -2.13. The second-order valence-electron chi connectivity index (χ2n) is 6.51. The van der Waals surface area contributed by atoms with E-state index in [0.29, 0.717) is 5.02 Å². The smallest absolute Gasteiger partial charge is 0.387 e. The average Bonchev–Trinajstić information content (AvgIpc) is 3.27. The molecule has 2 heterocycles. The molecule has 0 aliphatic carbocycles. The van der Waals surface area contributed by atoms with Crippen molar-refractivity contribution in [2.24, 2.45) is 5.73 Å². The van der Waals surface area contributed by atoms with Gasteiger partial charge in [0, 0.05) is 16.1 Å². The summed E-state index contributed by atoms with van der Waals surface area (Å²) in [4.78, 5) is 12.3. The van der Waals surface area contributed by atoms with Gasteiger partial charge in [-0.2, -0.15) is 13.9 Å². The maximum atomic E-state index is 12.9. The first-order chi connectivity index (χ1) is 15.9. The number of primary amides is 1. The number of ether oxygens (including phenoxy) is 2. The standard InChI is InChI=1S/C21H14ClF2N5O3S/c22-12-7-5-11(6-8-12)10-31-21-29-28-19(33-21)17-16(18(25)30)14(9-26-27-17)13-3-1-2-4-15(13)32-20(23)24/h1-9,20H,10H2,(H2,25,30). The van der Waals surface area contributed by atoms with E-state index >= 15 is 0 Å². The summed E-state index contributed by atoms with van der Waals surface area (Å²) in [5.41, 5.74) is 6.84. The molecular formula is C21H14ClF2N5O3S. The molecule has 0 saturated carbocycles. The minimum atomic E-state index is -3.05. The van der Waals surface area contributed by atoms with Gasteiger partial charge in [0.05, 0.1) is 11.8 Å². The molecule has 0 fully saturated rings. The highest BCUT2D eigenvalue weighted by Crippen LogP contribution is 2.37. The van der Waals surface area contributed by atoms with E-state index in [0.717, 1.165) is 16.9 Å². The van der Waals surface area contributed by atoms with Crippen LogP contribution < -0.4 is 15.2 Å². The van der Waals surface area contributed by atoms with Crippen molar-refractivity contribution in [3.8, 4) is 32.8 Å². The van der Waals surface area contributed by atoms with Crippen LogP contribution in [0.5, 0.6) is 10.9 Å². The van der Waals surface area contributed by atoms with Crippen molar-refractivity contribution >= 4 is 28.8 Å². The third-order valence-corrected chi connectivity index (χ3v) is 5.47. The fourth-order valence-corrected chi connectivity index (χ4v) is 3.78. The number of hydrogen-bond donors (Lipinski definition) is 1. The normalized spacial score (nSPS) is 10.9. The predicted octanol–water partition coefficient (Wildman–Crippen LogP) is 4.59. The summed E-state index contributed by atoms with van der Waals surface area (Å²) < 4.78 is 35.9. The zero-order valence-electron chi connectivity index (χ0n) is 16.6. The molecule has 0 bridgehead atoms. The molecule has 0 spiro atoms. The molecule has 2 N–H and O–H groups in total. The quantitative estimate of drug-likeness (QED) is 0.385. The van der Waals surface area contributed by atoms with Crippen molar-refractivity contribution in [1.82, 2.24) is 20.4 Å². The monoisotopic (exact) mass is 489 g/mol. The van der Waals surface area contributed by atoms with E-state index in [1.54, 1.807) is 18.2 Å². The third kappa shape index (κ3) is 5.21. The fourth-order valence-electron chi connectivity index (χ4n) is 2.97. The van der Waals surface area contributed by atoms with Crippen molar-refractivity contribution in [2.45, 2.75) is 13.2 Å². The van der Waals surface area contributed by atoms with Gasteiger partial charge in [0.2, 0.25) is 0 Å². The Balaban J connectivity index is 1.67. The van der Waals surface area contributed by atoms with E-state index in [2.05, 4.69) is 25.1 Å². The van der Waals surface area contributed by atoms with Crippen LogP contribution in [0, 0.1) is 0 Å². The van der Waals surface area contributed by atoms with Crippen molar-refractivity contribution in [3.05, 3.63) is 70.9 Å². The highest BCUT2D eigenvalue weighted by Gasteiger charge is 2.24. The molecule has 2 aromatic carbocycles. The van der Waals surface area contributed by atoms with E-state index in [1.165, 1.54) is 24.4 Å². The second-order valence-corrected chi connectivity index (χ2v) is 7.89. The van der Waals surface area contributed by atoms with E-state index in [4.69, 9.17) is 22.1 Å². The molecule has 0 saturated heterocycles. The molecule has 2 aromatic heterocycles. The lowest BCUT2D eigenvalue weighted by atomic mass is 9.99. The summed E-state index contributed by atoms with van der Waals surface area (Å²) in [6.07, 6.45) is 1.25. The molecule has 0 aliphatic rings. The Bertz CT molecular complexity index is 1290. The number of alkyl halides is 2. The van der Waals surface area contributed by atoms with Crippen LogP contribution in [-0.4, -0.2) is 32.9 Å². The second kappa shape index (κ2) is 9.84. The van der Waals surface area contributed by atoms with Gasteiger partial charge in [-0.3, -0.25) is 4.79 Å². The van der Waals surface area contributed by atoms with Gasteiger partial charge in [-0.05, 0) is 23.8 Å². The molecule has 0 unspecified atom stereocenters. The lowest BCUT2D eigenvalue weighted by Crippen LogP contribution is -2.16. The molecule has 0 atom stereocenters. The average molecular weight is 490 g/mol. The number of nitrogens with two attached hydrogens (primary N) is 1. The number of rotatable bonds is 8. The minimum Gasteiger partial charge on any atom is -0.464 e. The summed E-state index contributed by atoms with van der Waals surface area (Å²) in [7, 11) is 0. The van der Waals surface area contributed by atoms with Gasteiger partial charge in [0.15, 0.2) is 5.01 Å². The van der Waals surface area contributed by atoms with Crippen LogP contribution in [0.4, 0.5) is 8.78 Å². The van der Waals surface area contributed by atoms with Crippen LogP contribution in [-0.2, 0) is 6.61 Å². The number of hydrogen-bond acceptors (Lipinski definition) is 8. The van der Waals surface area contributed by atoms with Crippen molar-refractivity contribution in [2.75, 3.05) is 0 Å². The number of aromatic nitrogens is 4. The summed E-state index contributed by atoms with van der Waals surface area (Å²) in [5, 5.41) is 16.9. The number of nitrogens with zero attached hydrogens (tertiary/aromatic N) is 4. The Morgan fingerprint density at radius 1 is 1.06 bits per heavy atom. The topological polar surface area (TPSA) is 113 Å². The fraction of sp³-hybridized carbons (Fsp3) is 0.0952. The zero-order chi connectivity index (χ0) is 23.4. The first-order valence-electron chi connectivity index (χ1n) is 9.33. The van der Waals surface area contributed by atoms with Crippen LogP contribution in [0.1, 0.15) is 15.9 Å². The molecular weight excluding hydrogens is 476 g/mol. The zero-order valence-corrected chi connectivity index (χ0v) is 18.2. The number of benzene rings is 2. The molecule has 0 aliphatic heterocycles. The number of amides is 1. The maximum absolute atomic E-state index is 12.9. The molecule has 168 valence electrons. The van der Waals surface area contributed by atoms with Crippen molar-refractivity contribution in [1.29, 1.82) is 0 Å². The number of carbonyl (C=O) groups excluding carboxylic acids is 1. The third-order valence-electron chi connectivity index (χ3n) is 4.37. The first kappa shape index (κ1) is 22.5.